The van der Waals surface area contributed by atoms with Gasteiger partial charge in [0.25, 0.3) is 0 Å². The summed E-state index contributed by atoms with van der Waals surface area (Å²) >= 11 is 0. The van der Waals surface area contributed by atoms with E-state index in [9.17, 15) is 4.79 Å². The first kappa shape index (κ1) is 15.4. The van der Waals surface area contributed by atoms with Gasteiger partial charge in [0.15, 0.2) is 0 Å². The Hall–Kier alpha value is -0.610. The van der Waals surface area contributed by atoms with E-state index in [1.54, 1.807) is 0 Å². The molecule has 18 heavy (non-hydrogen) atoms. The van der Waals surface area contributed by atoms with Crippen molar-refractivity contribution in [1.29, 1.82) is 0 Å². The Morgan fingerprint density at radius 3 is 2.67 bits per heavy atom. The zero-order valence-electron chi connectivity index (χ0n) is 11.8. The summed E-state index contributed by atoms with van der Waals surface area (Å²) in [5.41, 5.74) is 5.85. The maximum Gasteiger partial charge on any atom is 0.220 e. The van der Waals surface area contributed by atoms with Gasteiger partial charge in [-0.2, -0.15) is 0 Å². The fourth-order valence-corrected chi connectivity index (χ4v) is 2.25. The van der Waals surface area contributed by atoms with Crippen LogP contribution in [0.4, 0.5) is 0 Å². The van der Waals surface area contributed by atoms with Crippen LogP contribution in [0.2, 0.25) is 0 Å². The van der Waals surface area contributed by atoms with E-state index in [4.69, 9.17) is 10.5 Å². The third-order valence-corrected chi connectivity index (χ3v) is 3.62. The highest BCUT2D eigenvalue weighted by Crippen LogP contribution is 2.42. The van der Waals surface area contributed by atoms with Crippen molar-refractivity contribution < 1.29 is 9.53 Å². The Bertz CT molecular complexity index is 245. The third kappa shape index (κ3) is 5.36. The van der Waals surface area contributed by atoms with Crippen LogP contribution in [0.5, 0.6) is 0 Å². The lowest BCUT2D eigenvalue weighted by Crippen LogP contribution is -2.42. The van der Waals surface area contributed by atoms with Gasteiger partial charge in [0, 0.05) is 26.2 Å². The van der Waals surface area contributed by atoms with E-state index in [1.165, 1.54) is 6.42 Å². The molecule has 3 N–H and O–H groups in total. The van der Waals surface area contributed by atoms with Gasteiger partial charge in [0.05, 0.1) is 0 Å². The normalized spacial score (nSPS) is 17.6. The predicted octanol–water partition coefficient (Wildman–Crippen LogP) is 1.68. The van der Waals surface area contributed by atoms with Gasteiger partial charge in [0.2, 0.25) is 5.91 Å². The van der Waals surface area contributed by atoms with Crippen molar-refractivity contribution >= 4 is 5.91 Å². The first-order valence-corrected chi connectivity index (χ1v) is 7.12. The van der Waals surface area contributed by atoms with Crippen molar-refractivity contribution in [2.75, 3.05) is 26.3 Å². The van der Waals surface area contributed by atoms with E-state index in [1.807, 2.05) is 0 Å². The van der Waals surface area contributed by atoms with Crippen LogP contribution in [-0.4, -0.2) is 32.2 Å². The Balaban J connectivity index is 2.00. The Morgan fingerprint density at radius 2 is 2.17 bits per heavy atom. The fraction of sp³-hybridized carbons (Fsp3) is 0.929. The van der Waals surface area contributed by atoms with Gasteiger partial charge in [-0.25, -0.2) is 0 Å². The van der Waals surface area contributed by atoms with Crippen molar-refractivity contribution in [2.45, 2.75) is 46.0 Å². The number of amides is 1. The summed E-state index contributed by atoms with van der Waals surface area (Å²) < 4.78 is 5.46. The molecule has 106 valence electrons. The van der Waals surface area contributed by atoms with Crippen molar-refractivity contribution in [3.05, 3.63) is 0 Å². The number of hydrogen-bond donors (Lipinski definition) is 2. The van der Waals surface area contributed by atoms with Gasteiger partial charge < -0.3 is 15.8 Å². The van der Waals surface area contributed by atoms with Crippen LogP contribution < -0.4 is 11.1 Å². The Labute approximate surface area is 111 Å². The summed E-state index contributed by atoms with van der Waals surface area (Å²) in [6.45, 7) is 7.12. The summed E-state index contributed by atoms with van der Waals surface area (Å²) in [5, 5.41) is 2.95. The lowest BCUT2D eigenvalue weighted by Gasteiger charge is -2.40. The number of hydrogen-bond acceptors (Lipinski definition) is 3. The number of ether oxygens (including phenoxy) is 1. The van der Waals surface area contributed by atoms with E-state index in [-0.39, 0.29) is 11.3 Å². The second-order valence-corrected chi connectivity index (χ2v) is 5.91. The molecule has 1 aliphatic rings. The average Bonchev–Trinajstić information content (AvgIpc) is 2.28. The van der Waals surface area contributed by atoms with Crippen LogP contribution >= 0.6 is 0 Å². The highest BCUT2D eigenvalue weighted by molar-refractivity contribution is 5.76. The van der Waals surface area contributed by atoms with Crippen LogP contribution in [0, 0.1) is 11.3 Å². The summed E-state index contributed by atoms with van der Waals surface area (Å²) in [7, 11) is 0. The van der Waals surface area contributed by atoms with Gasteiger partial charge in [-0.3, -0.25) is 4.79 Å². The van der Waals surface area contributed by atoms with Crippen LogP contribution in [0.3, 0.4) is 0 Å². The van der Waals surface area contributed by atoms with Crippen LogP contribution in [0.25, 0.3) is 0 Å². The first-order chi connectivity index (χ1) is 8.58. The quantitative estimate of drug-likeness (QED) is 0.617. The molecule has 0 radical (unpaired) electrons. The van der Waals surface area contributed by atoms with E-state index < -0.39 is 0 Å². The molecule has 4 nitrogen and oxygen atoms in total. The summed E-state index contributed by atoms with van der Waals surface area (Å²) in [6.07, 6.45) is 4.90. The summed E-state index contributed by atoms with van der Waals surface area (Å²) in [6, 6.07) is 0. The third-order valence-electron chi connectivity index (χ3n) is 3.62. The lowest BCUT2D eigenvalue weighted by atomic mass is 9.66. The second kappa shape index (κ2) is 7.74. The fourth-order valence-electron chi connectivity index (χ4n) is 2.25. The maximum atomic E-state index is 11.7. The molecule has 0 spiro atoms. The zero-order chi connectivity index (χ0) is 13.4. The van der Waals surface area contributed by atoms with E-state index >= 15 is 0 Å². The number of carbonyl (C=O) groups excluding carboxylic acids is 1. The van der Waals surface area contributed by atoms with Crippen molar-refractivity contribution in [3.8, 4) is 0 Å². The molecule has 0 heterocycles. The molecule has 0 aromatic heterocycles. The van der Waals surface area contributed by atoms with E-state index in [0.29, 0.717) is 25.4 Å². The molecule has 0 aromatic carbocycles. The minimum absolute atomic E-state index is 0.109. The molecule has 0 aromatic rings. The molecule has 0 saturated heterocycles. The maximum absolute atomic E-state index is 11.7. The predicted molar refractivity (Wildman–Crippen MR) is 73.2 cm³/mol. The van der Waals surface area contributed by atoms with Crippen LogP contribution in [-0.2, 0) is 9.53 Å². The van der Waals surface area contributed by atoms with Crippen LogP contribution in [0.1, 0.15) is 46.0 Å². The molecule has 1 rings (SSSR count). The van der Waals surface area contributed by atoms with Gasteiger partial charge in [-0.1, -0.05) is 20.3 Å². The smallest absolute Gasteiger partial charge is 0.220 e. The molecule has 0 atom stereocenters. The number of carbonyl (C=O) groups is 1. The van der Waals surface area contributed by atoms with Gasteiger partial charge in [-0.05, 0) is 37.1 Å². The largest absolute Gasteiger partial charge is 0.381 e. The zero-order valence-corrected chi connectivity index (χ0v) is 11.8. The van der Waals surface area contributed by atoms with E-state index in [2.05, 4.69) is 19.2 Å². The molecule has 1 aliphatic carbocycles. The minimum Gasteiger partial charge on any atom is -0.381 e. The van der Waals surface area contributed by atoms with Crippen molar-refractivity contribution in [3.63, 3.8) is 0 Å². The van der Waals surface area contributed by atoms with Crippen molar-refractivity contribution in [2.24, 2.45) is 17.1 Å². The number of nitrogens with one attached hydrogen (secondary N) is 1. The monoisotopic (exact) mass is 256 g/mol. The SMILES string of the molecule is CC(C)COCCCNC(=O)CC1(CN)CCC1. The molecule has 1 saturated carbocycles. The van der Waals surface area contributed by atoms with E-state index in [0.717, 1.165) is 32.5 Å². The number of nitrogens with two attached hydrogens (primary N) is 1. The molecule has 1 fully saturated rings. The standard InChI is InChI=1S/C14H28N2O2/c1-12(2)10-18-8-4-7-16-13(17)9-14(11-15)5-3-6-14/h12H,3-11,15H2,1-2H3,(H,16,17). The minimum atomic E-state index is 0.109. The molecule has 1 amide bonds. The molecule has 0 aliphatic heterocycles. The average molecular weight is 256 g/mol. The Morgan fingerprint density at radius 1 is 1.44 bits per heavy atom. The van der Waals surface area contributed by atoms with Gasteiger partial charge in [0.1, 0.15) is 0 Å². The Kier molecular flexibility index (Phi) is 6.65. The second-order valence-electron chi connectivity index (χ2n) is 5.91. The van der Waals surface area contributed by atoms with Gasteiger partial charge >= 0.3 is 0 Å². The number of rotatable bonds is 9. The molecular weight excluding hydrogens is 228 g/mol. The summed E-state index contributed by atoms with van der Waals surface area (Å²) in [5.74, 6) is 0.714. The summed E-state index contributed by atoms with van der Waals surface area (Å²) in [4.78, 5) is 11.7. The van der Waals surface area contributed by atoms with Crippen LogP contribution in [0.15, 0.2) is 0 Å². The molecule has 0 bridgehead atoms. The highest BCUT2D eigenvalue weighted by atomic mass is 16.5. The first-order valence-electron chi connectivity index (χ1n) is 7.12. The molecule has 0 unspecified atom stereocenters. The topological polar surface area (TPSA) is 64.3 Å². The lowest BCUT2D eigenvalue weighted by molar-refractivity contribution is -0.124. The molecule has 4 heteroatoms. The molecular formula is C14H28N2O2. The highest BCUT2D eigenvalue weighted by Gasteiger charge is 2.37. The van der Waals surface area contributed by atoms with Crippen molar-refractivity contribution in [1.82, 2.24) is 5.32 Å². The van der Waals surface area contributed by atoms with Gasteiger partial charge in [-0.15, -0.1) is 0 Å².